The molecule has 0 saturated carbocycles. The van der Waals surface area contributed by atoms with Gasteiger partial charge in [-0.2, -0.15) is 0 Å². The predicted octanol–water partition coefficient (Wildman–Crippen LogP) is 1.71. The number of amides is 2. The van der Waals surface area contributed by atoms with E-state index in [1.165, 1.54) is 0 Å². The first kappa shape index (κ1) is 16.3. The van der Waals surface area contributed by atoms with Crippen molar-refractivity contribution < 1.29 is 14.3 Å². The number of ether oxygens (including phenoxy) is 1. The predicted molar refractivity (Wildman–Crippen MR) is 84.8 cm³/mol. The molecule has 5 heteroatoms. The molecule has 1 heterocycles. The van der Waals surface area contributed by atoms with Gasteiger partial charge in [-0.25, -0.2) is 0 Å². The number of carbonyl (C=O) groups is 2. The van der Waals surface area contributed by atoms with Crippen molar-refractivity contribution in [1.29, 1.82) is 0 Å². The maximum absolute atomic E-state index is 12.4. The van der Waals surface area contributed by atoms with Crippen molar-refractivity contribution >= 4 is 11.8 Å². The number of nitrogens with zero attached hydrogens (tertiary/aromatic N) is 2. The fraction of sp³-hybridized carbons (Fsp3) is 0.529. The number of benzene rings is 1. The van der Waals surface area contributed by atoms with Crippen LogP contribution in [0.15, 0.2) is 24.3 Å². The van der Waals surface area contributed by atoms with E-state index in [-0.39, 0.29) is 11.8 Å². The Morgan fingerprint density at radius 1 is 1.09 bits per heavy atom. The zero-order valence-electron chi connectivity index (χ0n) is 13.4. The van der Waals surface area contributed by atoms with Crippen molar-refractivity contribution in [2.24, 2.45) is 0 Å². The summed E-state index contributed by atoms with van der Waals surface area (Å²) in [5.74, 6) is 1.07. The molecule has 5 nitrogen and oxygen atoms in total. The third kappa shape index (κ3) is 4.23. The van der Waals surface area contributed by atoms with Gasteiger partial charge >= 0.3 is 0 Å². The molecule has 0 unspecified atom stereocenters. The van der Waals surface area contributed by atoms with Crippen LogP contribution in [-0.2, 0) is 16.0 Å². The Balaban J connectivity index is 1.85. The SMILES string of the molecule is CCCC(=O)N1CCN(C(=O)Cc2cccc(OC)c2)CC1. The average molecular weight is 304 g/mol. The lowest BCUT2D eigenvalue weighted by Crippen LogP contribution is -2.50. The number of methoxy groups -OCH3 is 1. The van der Waals surface area contributed by atoms with Crippen molar-refractivity contribution in [2.45, 2.75) is 26.2 Å². The van der Waals surface area contributed by atoms with Crippen molar-refractivity contribution in [1.82, 2.24) is 9.80 Å². The van der Waals surface area contributed by atoms with E-state index in [0.29, 0.717) is 39.0 Å². The van der Waals surface area contributed by atoms with Gasteiger partial charge in [0.1, 0.15) is 5.75 Å². The number of rotatable bonds is 5. The first-order valence-electron chi connectivity index (χ1n) is 7.82. The van der Waals surface area contributed by atoms with Crippen LogP contribution in [-0.4, -0.2) is 54.9 Å². The summed E-state index contributed by atoms with van der Waals surface area (Å²) in [6.07, 6.45) is 1.84. The fourth-order valence-electron chi connectivity index (χ4n) is 2.65. The summed E-state index contributed by atoms with van der Waals surface area (Å²) in [4.78, 5) is 27.9. The molecule has 120 valence electrons. The Kier molecular flexibility index (Phi) is 5.81. The van der Waals surface area contributed by atoms with E-state index in [2.05, 4.69) is 0 Å². The summed E-state index contributed by atoms with van der Waals surface area (Å²) >= 11 is 0. The molecule has 0 atom stereocenters. The fourth-order valence-corrected chi connectivity index (χ4v) is 2.65. The lowest BCUT2D eigenvalue weighted by atomic mass is 10.1. The van der Waals surface area contributed by atoms with Gasteiger partial charge in [0.2, 0.25) is 11.8 Å². The highest BCUT2D eigenvalue weighted by Crippen LogP contribution is 2.14. The molecule has 0 aromatic heterocycles. The minimum absolute atomic E-state index is 0.107. The van der Waals surface area contributed by atoms with Gasteiger partial charge in [-0.05, 0) is 24.1 Å². The van der Waals surface area contributed by atoms with Crippen LogP contribution in [0.5, 0.6) is 5.75 Å². The minimum atomic E-state index is 0.107. The van der Waals surface area contributed by atoms with Crippen LogP contribution in [0, 0.1) is 0 Å². The van der Waals surface area contributed by atoms with Gasteiger partial charge in [0.15, 0.2) is 0 Å². The van der Waals surface area contributed by atoms with Crippen LogP contribution in [0.4, 0.5) is 0 Å². The van der Waals surface area contributed by atoms with Crippen LogP contribution in [0.25, 0.3) is 0 Å². The topological polar surface area (TPSA) is 49.9 Å². The Bertz CT molecular complexity index is 522. The number of piperazine rings is 1. The van der Waals surface area contributed by atoms with Crippen LogP contribution >= 0.6 is 0 Å². The molecule has 22 heavy (non-hydrogen) atoms. The van der Waals surface area contributed by atoms with Gasteiger partial charge in [-0.3, -0.25) is 9.59 Å². The zero-order chi connectivity index (χ0) is 15.9. The highest BCUT2D eigenvalue weighted by Gasteiger charge is 2.23. The highest BCUT2D eigenvalue weighted by atomic mass is 16.5. The molecule has 1 aromatic carbocycles. The smallest absolute Gasteiger partial charge is 0.227 e. The van der Waals surface area contributed by atoms with Gasteiger partial charge in [0.25, 0.3) is 0 Å². The first-order chi connectivity index (χ1) is 10.6. The minimum Gasteiger partial charge on any atom is -0.497 e. The van der Waals surface area contributed by atoms with Crippen LogP contribution in [0.2, 0.25) is 0 Å². The summed E-state index contributed by atoms with van der Waals surface area (Å²) < 4.78 is 5.18. The number of carbonyl (C=O) groups excluding carboxylic acids is 2. The Morgan fingerprint density at radius 3 is 2.32 bits per heavy atom. The molecule has 0 bridgehead atoms. The van der Waals surface area contributed by atoms with Gasteiger partial charge in [-0.1, -0.05) is 19.1 Å². The zero-order valence-corrected chi connectivity index (χ0v) is 13.4. The van der Waals surface area contributed by atoms with E-state index < -0.39 is 0 Å². The Morgan fingerprint density at radius 2 is 1.73 bits per heavy atom. The maximum Gasteiger partial charge on any atom is 0.227 e. The number of hydrogen-bond acceptors (Lipinski definition) is 3. The van der Waals surface area contributed by atoms with Crippen molar-refractivity contribution in [3.8, 4) is 5.75 Å². The van der Waals surface area contributed by atoms with Crippen molar-refractivity contribution in [3.05, 3.63) is 29.8 Å². The van der Waals surface area contributed by atoms with Crippen molar-refractivity contribution in [2.75, 3.05) is 33.3 Å². The molecular formula is C17H24N2O3. The molecule has 0 aliphatic carbocycles. The van der Waals surface area contributed by atoms with E-state index in [0.717, 1.165) is 17.7 Å². The van der Waals surface area contributed by atoms with Crippen LogP contribution in [0.1, 0.15) is 25.3 Å². The van der Waals surface area contributed by atoms with Crippen molar-refractivity contribution in [3.63, 3.8) is 0 Å². The Labute approximate surface area is 131 Å². The molecule has 1 saturated heterocycles. The summed E-state index contributed by atoms with van der Waals surface area (Å²) in [6.45, 7) is 4.54. The monoisotopic (exact) mass is 304 g/mol. The molecule has 2 rings (SSSR count). The average Bonchev–Trinajstić information content (AvgIpc) is 2.55. The highest BCUT2D eigenvalue weighted by molar-refractivity contribution is 5.80. The summed E-state index contributed by atoms with van der Waals surface area (Å²) in [6, 6.07) is 7.58. The lowest BCUT2D eigenvalue weighted by molar-refractivity contribution is -0.139. The van der Waals surface area contributed by atoms with Crippen LogP contribution < -0.4 is 4.74 Å². The Hall–Kier alpha value is -2.04. The largest absolute Gasteiger partial charge is 0.497 e. The van der Waals surface area contributed by atoms with Gasteiger partial charge < -0.3 is 14.5 Å². The third-order valence-corrected chi connectivity index (χ3v) is 3.94. The third-order valence-electron chi connectivity index (χ3n) is 3.94. The second kappa shape index (κ2) is 7.82. The van der Waals surface area contributed by atoms with E-state index in [9.17, 15) is 9.59 Å². The first-order valence-corrected chi connectivity index (χ1v) is 7.82. The molecule has 1 aliphatic rings. The maximum atomic E-state index is 12.4. The summed E-state index contributed by atoms with van der Waals surface area (Å²) in [7, 11) is 1.62. The second-order valence-corrected chi connectivity index (χ2v) is 5.54. The van der Waals surface area contributed by atoms with Gasteiger partial charge in [0, 0.05) is 32.6 Å². The molecule has 0 radical (unpaired) electrons. The standard InChI is InChI=1S/C17H24N2O3/c1-3-5-16(20)18-8-10-19(11-9-18)17(21)13-14-6-4-7-15(12-14)22-2/h4,6-7,12H,3,5,8-11,13H2,1-2H3. The summed E-state index contributed by atoms with van der Waals surface area (Å²) in [5.41, 5.74) is 0.953. The van der Waals surface area contributed by atoms with E-state index in [4.69, 9.17) is 4.74 Å². The van der Waals surface area contributed by atoms with E-state index in [1.54, 1.807) is 7.11 Å². The van der Waals surface area contributed by atoms with Crippen LogP contribution in [0.3, 0.4) is 0 Å². The molecule has 0 N–H and O–H groups in total. The molecule has 2 amide bonds. The quantitative estimate of drug-likeness (QED) is 0.832. The molecular weight excluding hydrogens is 280 g/mol. The van der Waals surface area contributed by atoms with Gasteiger partial charge in [0.05, 0.1) is 13.5 Å². The molecule has 0 spiro atoms. The lowest BCUT2D eigenvalue weighted by Gasteiger charge is -2.35. The number of hydrogen-bond donors (Lipinski definition) is 0. The summed E-state index contributed by atoms with van der Waals surface area (Å²) in [5, 5.41) is 0. The van der Waals surface area contributed by atoms with E-state index >= 15 is 0 Å². The van der Waals surface area contributed by atoms with Gasteiger partial charge in [-0.15, -0.1) is 0 Å². The normalized spacial score (nSPS) is 14.8. The second-order valence-electron chi connectivity index (χ2n) is 5.54. The molecule has 1 aromatic rings. The molecule has 1 aliphatic heterocycles. The molecule has 1 fully saturated rings. The van der Waals surface area contributed by atoms with E-state index in [1.807, 2.05) is 41.0 Å².